The van der Waals surface area contributed by atoms with Crippen LogP contribution in [0.3, 0.4) is 0 Å². The Kier molecular flexibility index (Phi) is 4.84. The Balaban J connectivity index is 1.72. The first-order chi connectivity index (χ1) is 10.7. The summed E-state index contributed by atoms with van der Waals surface area (Å²) in [6.07, 6.45) is 8.62. The lowest BCUT2D eigenvalue weighted by atomic mass is 9.79. The molecule has 1 amide bonds. The Morgan fingerprint density at radius 1 is 1.36 bits per heavy atom. The molecule has 1 spiro atoms. The third-order valence-electron chi connectivity index (χ3n) is 5.05. The summed E-state index contributed by atoms with van der Waals surface area (Å²) in [4.78, 5) is 17.0. The predicted molar refractivity (Wildman–Crippen MR) is 83.4 cm³/mol. The van der Waals surface area contributed by atoms with Crippen molar-refractivity contribution in [1.82, 2.24) is 9.80 Å². The molecule has 5 nitrogen and oxygen atoms in total. The zero-order chi connectivity index (χ0) is 15.4. The maximum Gasteiger partial charge on any atom is 0.223 e. The van der Waals surface area contributed by atoms with Gasteiger partial charge in [0.15, 0.2) is 0 Å². The maximum absolute atomic E-state index is 12.4. The molecule has 5 heteroatoms. The number of furan rings is 1. The normalized spacial score (nSPS) is 26.8. The molecular formula is C17H26N2O3. The average molecular weight is 306 g/mol. The van der Waals surface area contributed by atoms with Gasteiger partial charge in [-0.3, -0.25) is 9.69 Å². The molecule has 2 saturated heterocycles. The average Bonchev–Trinajstić information content (AvgIpc) is 3.00. The summed E-state index contributed by atoms with van der Waals surface area (Å²) in [7, 11) is 1.70. The number of ether oxygens (including phenoxy) is 1. The van der Waals surface area contributed by atoms with Gasteiger partial charge in [-0.2, -0.15) is 0 Å². The van der Waals surface area contributed by atoms with E-state index in [4.69, 9.17) is 9.15 Å². The highest BCUT2D eigenvalue weighted by molar-refractivity contribution is 5.78. The van der Waals surface area contributed by atoms with E-state index in [-0.39, 0.29) is 5.54 Å². The van der Waals surface area contributed by atoms with Gasteiger partial charge in [-0.25, -0.2) is 0 Å². The summed E-state index contributed by atoms with van der Waals surface area (Å²) in [6, 6.07) is 2.02. The monoisotopic (exact) mass is 306 g/mol. The van der Waals surface area contributed by atoms with Crippen molar-refractivity contribution in [2.45, 2.75) is 44.2 Å². The molecule has 0 N–H and O–H groups in total. The molecule has 0 aromatic carbocycles. The van der Waals surface area contributed by atoms with Gasteiger partial charge in [0.1, 0.15) is 0 Å². The molecule has 2 fully saturated rings. The van der Waals surface area contributed by atoms with Crippen molar-refractivity contribution in [1.29, 1.82) is 0 Å². The fourth-order valence-corrected chi connectivity index (χ4v) is 4.05. The fourth-order valence-electron chi connectivity index (χ4n) is 4.05. The molecule has 0 radical (unpaired) electrons. The third kappa shape index (κ3) is 3.20. The van der Waals surface area contributed by atoms with Crippen LogP contribution in [0, 0.1) is 0 Å². The number of methoxy groups -OCH3 is 1. The van der Waals surface area contributed by atoms with E-state index in [1.165, 1.54) is 5.56 Å². The number of nitrogens with zero attached hydrogens (tertiary/aromatic N) is 2. The Hall–Kier alpha value is -1.33. The van der Waals surface area contributed by atoms with Crippen LogP contribution in [0.5, 0.6) is 0 Å². The summed E-state index contributed by atoms with van der Waals surface area (Å²) in [6.45, 7) is 4.31. The van der Waals surface area contributed by atoms with Crippen molar-refractivity contribution in [2.75, 3.05) is 33.4 Å². The maximum atomic E-state index is 12.4. The van der Waals surface area contributed by atoms with E-state index in [1.807, 2.05) is 12.3 Å². The van der Waals surface area contributed by atoms with Crippen LogP contribution >= 0.6 is 0 Å². The number of carbonyl (C=O) groups excluding carboxylic acids is 1. The molecule has 1 aromatic rings. The number of rotatable bonds is 5. The topological polar surface area (TPSA) is 45.9 Å². The summed E-state index contributed by atoms with van der Waals surface area (Å²) in [5, 5.41) is 0. The number of piperidine rings is 2. The molecule has 22 heavy (non-hydrogen) atoms. The van der Waals surface area contributed by atoms with Crippen molar-refractivity contribution in [3.05, 3.63) is 24.2 Å². The van der Waals surface area contributed by atoms with E-state index in [9.17, 15) is 4.79 Å². The number of hydrogen-bond donors (Lipinski definition) is 0. The summed E-state index contributed by atoms with van der Waals surface area (Å²) in [5.41, 5.74) is 1.22. The molecule has 1 aromatic heterocycles. The standard InChI is InChI=1S/C17H26N2O3/c1-21-11-9-19-16(20)4-2-6-17(19)7-3-8-18(14-17)12-15-5-10-22-13-15/h5,10,13H,2-4,6-9,11-12,14H2,1H3. The van der Waals surface area contributed by atoms with Crippen LogP contribution in [-0.2, 0) is 16.1 Å². The lowest BCUT2D eigenvalue weighted by Gasteiger charge is -2.52. The van der Waals surface area contributed by atoms with E-state index in [0.717, 1.165) is 51.9 Å². The second-order valence-corrected chi connectivity index (χ2v) is 6.56. The molecule has 0 aliphatic carbocycles. The van der Waals surface area contributed by atoms with Crippen LogP contribution < -0.4 is 0 Å². The number of amides is 1. The highest BCUT2D eigenvalue weighted by Gasteiger charge is 2.44. The van der Waals surface area contributed by atoms with Gasteiger partial charge < -0.3 is 14.1 Å². The van der Waals surface area contributed by atoms with Crippen LogP contribution in [-0.4, -0.2) is 54.6 Å². The van der Waals surface area contributed by atoms with E-state index in [2.05, 4.69) is 9.80 Å². The van der Waals surface area contributed by atoms with Gasteiger partial charge in [0.05, 0.1) is 24.7 Å². The van der Waals surface area contributed by atoms with Gasteiger partial charge in [0.25, 0.3) is 0 Å². The molecule has 122 valence electrons. The SMILES string of the molecule is COCCN1C(=O)CCCC12CCCN(Cc1ccoc1)C2. The van der Waals surface area contributed by atoms with Crippen molar-refractivity contribution < 1.29 is 13.9 Å². The third-order valence-corrected chi connectivity index (χ3v) is 5.05. The van der Waals surface area contributed by atoms with Crippen molar-refractivity contribution in [2.24, 2.45) is 0 Å². The minimum atomic E-state index is 0.00977. The Bertz CT molecular complexity index is 484. The van der Waals surface area contributed by atoms with E-state index in [0.29, 0.717) is 18.9 Å². The van der Waals surface area contributed by atoms with Crippen LogP contribution in [0.15, 0.2) is 23.0 Å². The van der Waals surface area contributed by atoms with Crippen molar-refractivity contribution in [3.63, 3.8) is 0 Å². The molecule has 0 saturated carbocycles. The first-order valence-electron chi connectivity index (χ1n) is 8.26. The molecule has 1 unspecified atom stereocenters. The highest BCUT2D eigenvalue weighted by atomic mass is 16.5. The van der Waals surface area contributed by atoms with Crippen LogP contribution in [0.4, 0.5) is 0 Å². The van der Waals surface area contributed by atoms with E-state index >= 15 is 0 Å². The predicted octanol–water partition coefficient (Wildman–Crippen LogP) is 2.27. The van der Waals surface area contributed by atoms with E-state index in [1.54, 1.807) is 13.4 Å². The van der Waals surface area contributed by atoms with Crippen LogP contribution in [0.2, 0.25) is 0 Å². The molecule has 2 aliphatic rings. The van der Waals surface area contributed by atoms with Crippen LogP contribution in [0.25, 0.3) is 0 Å². The van der Waals surface area contributed by atoms with Gasteiger partial charge in [0, 0.05) is 38.7 Å². The summed E-state index contributed by atoms with van der Waals surface area (Å²) < 4.78 is 10.4. The molecule has 0 bridgehead atoms. The number of hydrogen-bond acceptors (Lipinski definition) is 4. The smallest absolute Gasteiger partial charge is 0.223 e. The Labute approximate surface area is 132 Å². The summed E-state index contributed by atoms with van der Waals surface area (Å²) >= 11 is 0. The van der Waals surface area contributed by atoms with Gasteiger partial charge in [0.2, 0.25) is 5.91 Å². The second-order valence-electron chi connectivity index (χ2n) is 6.56. The number of carbonyl (C=O) groups is 1. The van der Waals surface area contributed by atoms with Gasteiger partial charge in [-0.05, 0) is 38.3 Å². The fraction of sp³-hybridized carbons (Fsp3) is 0.706. The van der Waals surface area contributed by atoms with Crippen LogP contribution in [0.1, 0.15) is 37.7 Å². The van der Waals surface area contributed by atoms with E-state index < -0.39 is 0 Å². The molecule has 3 heterocycles. The van der Waals surface area contributed by atoms with Crippen molar-refractivity contribution >= 4 is 5.91 Å². The zero-order valence-corrected chi connectivity index (χ0v) is 13.4. The highest BCUT2D eigenvalue weighted by Crippen LogP contribution is 2.37. The minimum absolute atomic E-state index is 0.00977. The largest absolute Gasteiger partial charge is 0.472 e. The molecular weight excluding hydrogens is 280 g/mol. The lowest BCUT2D eigenvalue weighted by Crippen LogP contribution is -2.62. The zero-order valence-electron chi connectivity index (χ0n) is 13.4. The van der Waals surface area contributed by atoms with Gasteiger partial charge in [-0.1, -0.05) is 0 Å². The lowest BCUT2D eigenvalue weighted by molar-refractivity contribution is -0.147. The first kappa shape index (κ1) is 15.6. The van der Waals surface area contributed by atoms with Gasteiger partial charge >= 0.3 is 0 Å². The molecule has 2 aliphatic heterocycles. The minimum Gasteiger partial charge on any atom is -0.472 e. The molecule has 1 atom stereocenters. The second kappa shape index (κ2) is 6.84. The number of likely N-dealkylation sites (tertiary alicyclic amines) is 2. The molecule has 3 rings (SSSR count). The quantitative estimate of drug-likeness (QED) is 0.837. The Morgan fingerprint density at radius 3 is 3.00 bits per heavy atom. The van der Waals surface area contributed by atoms with Gasteiger partial charge in [-0.15, -0.1) is 0 Å². The first-order valence-corrected chi connectivity index (χ1v) is 8.26. The Morgan fingerprint density at radius 2 is 2.23 bits per heavy atom. The summed E-state index contributed by atoms with van der Waals surface area (Å²) in [5.74, 6) is 0.300. The van der Waals surface area contributed by atoms with Crippen molar-refractivity contribution in [3.8, 4) is 0 Å².